The van der Waals surface area contributed by atoms with Gasteiger partial charge >= 0.3 is 12.1 Å². The Labute approximate surface area is 228 Å². The number of hydrogen-bond acceptors (Lipinski definition) is 6. The first-order valence-electron chi connectivity index (χ1n) is 13.4. The van der Waals surface area contributed by atoms with Gasteiger partial charge in [-0.05, 0) is 68.9 Å². The number of anilines is 1. The lowest BCUT2D eigenvalue weighted by Gasteiger charge is -2.29. The summed E-state index contributed by atoms with van der Waals surface area (Å²) in [6.07, 6.45) is 5.36. The van der Waals surface area contributed by atoms with Crippen molar-refractivity contribution in [2.45, 2.75) is 64.3 Å². The number of hydroxylamine groups is 2. The van der Waals surface area contributed by atoms with E-state index in [-0.39, 0.29) is 24.1 Å². The van der Waals surface area contributed by atoms with Crippen LogP contribution in [0.25, 0.3) is 5.57 Å². The highest BCUT2D eigenvalue weighted by atomic mass is 16.7. The van der Waals surface area contributed by atoms with Crippen LogP contribution in [0.4, 0.5) is 15.4 Å². The van der Waals surface area contributed by atoms with E-state index in [2.05, 4.69) is 10.3 Å². The molecule has 3 aliphatic heterocycles. The lowest BCUT2D eigenvalue weighted by molar-refractivity contribution is -0.140. The molecule has 1 N–H and O–H groups in total. The number of pyridine rings is 1. The first kappa shape index (κ1) is 26.7. The molecule has 39 heavy (non-hydrogen) atoms. The molecular weight excluding hydrogens is 498 g/mol. The van der Waals surface area contributed by atoms with Crippen molar-refractivity contribution in [3.8, 4) is 0 Å². The Bertz CT molecular complexity index is 1240. The van der Waals surface area contributed by atoms with E-state index in [9.17, 15) is 14.4 Å². The fraction of sp³-hybridized carbons (Fsp3) is 0.448. The number of rotatable bonds is 6. The molecule has 5 rings (SSSR count). The van der Waals surface area contributed by atoms with Crippen molar-refractivity contribution in [2.75, 3.05) is 25.0 Å². The summed E-state index contributed by atoms with van der Waals surface area (Å²) in [4.78, 5) is 52.0. The number of ether oxygens (including phenoxy) is 1. The maximum Gasteiger partial charge on any atom is 0.410 e. The Hall–Kier alpha value is -3.92. The number of carbonyl (C=O) groups is 3. The monoisotopic (exact) mass is 533 g/mol. The molecule has 10 nitrogen and oxygen atoms in total. The largest absolute Gasteiger partial charge is 0.444 e. The summed E-state index contributed by atoms with van der Waals surface area (Å²) in [5.74, 6) is 0.179. The predicted molar refractivity (Wildman–Crippen MR) is 145 cm³/mol. The van der Waals surface area contributed by atoms with E-state index < -0.39 is 11.6 Å². The zero-order chi connectivity index (χ0) is 27.6. The number of amides is 4. The molecule has 4 heterocycles. The molecule has 1 aromatic heterocycles. The van der Waals surface area contributed by atoms with E-state index >= 15 is 0 Å². The third-order valence-electron chi connectivity index (χ3n) is 7.09. The van der Waals surface area contributed by atoms with E-state index in [0.717, 1.165) is 16.7 Å². The van der Waals surface area contributed by atoms with Crippen LogP contribution in [-0.4, -0.2) is 75.2 Å². The molecule has 4 amide bonds. The maximum atomic E-state index is 13.1. The SMILES string of the molecule is CC(C)(C)OC(=O)N1CC=C(c2ccc(NC(=O)[C@@H]3CC[C@@H]4CN3C(=O)N4OCc3ccccc3)nc2)CC1. The second-order valence-electron chi connectivity index (χ2n) is 11.1. The average Bonchev–Trinajstić information content (AvgIpc) is 3.16. The number of nitrogens with zero attached hydrogens (tertiary/aromatic N) is 4. The Balaban J connectivity index is 1.14. The molecule has 2 bridgehead atoms. The van der Waals surface area contributed by atoms with Gasteiger partial charge in [-0.1, -0.05) is 36.4 Å². The van der Waals surface area contributed by atoms with Gasteiger partial charge in [0.2, 0.25) is 5.91 Å². The van der Waals surface area contributed by atoms with Crippen molar-refractivity contribution in [3.05, 3.63) is 65.9 Å². The van der Waals surface area contributed by atoms with Crippen LogP contribution in [0.2, 0.25) is 0 Å². The van der Waals surface area contributed by atoms with Crippen LogP contribution in [0.3, 0.4) is 0 Å². The van der Waals surface area contributed by atoms with Crippen LogP contribution in [0.15, 0.2) is 54.7 Å². The van der Waals surface area contributed by atoms with Crippen molar-refractivity contribution in [1.82, 2.24) is 19.8 Å². The van der Waals surface area contributed by atoms with Gasteiger partial charge in [-0.15, -0.1) is 0 Å². The van der Waals surface area contributed by atoms with Gasteiger partial charge in [0.15, 0.2) is 0 Å². The van der Waals surface area contributed by atoms with Gasteiger partial charge in [0, 0.05) is 25.8 Å². The third-order valence-corrected chi connectivity index (χ3v) is 7.09. The fourth-order valence-electron chi connectivity index (χ4n) is 5.08. The summed E-state index contributed by atoms with van der Waals surface area (Å²) in [6, 6.07) is 12.5. The van der Waals surface area contributed by atoms with Crippen molar-refractivity contribution in [3.63, 3.8) is 0 Å². The molecule has 10 heteroatoms. The van der Waals surface area contributed by atoms with Crippen molar-refractivity contribution in [2.24, 2.45) is 0 Å². The van der Waals surface area contributed by atoms with Crippen molar-refractivity contribution >= 4 is 29.4 Å². The summed E-state index contributed by atoms with van der Waals surface area (Å²) in [6.45, 7) is 7.37. The second kappa shape index (κ2) is 11.1. The van der Waals surface area contributed by atoms with Crippen LogP contribution >= 0.6 is 0 Å². The molecule has 2 atom stereocenters. The van der Waals surface area contributed by atoms with Crippen molar-refractivity contribution < 1.29 is 24.0 Å². The molecule has 0 unspecified atom stereocenters. The molecule has 1 aromatic carbocycles. The van der Waals surface area contributed by atoms with Crippen LogP contribution in [0.5, 0.6) is 0 Å². The van der Waals surface area contributed by atoms with Crippen LogP contribution < -0.4 is 5.32 Å². The van der Waals surface area contributed by atoms with E-state index in [1.807, 2.05) is 63.2 Å². The molecule has 0 spiro atoms. The minimum absolute atomic E-state index is 0.0577. The number of aromatic nitrogens is 1. The average molecular weight is 534 g/mol. The number of nitrogens with one attached hydrogen (secondary N) is 1. The summed E-state index contributed by atoms with van der Waals surface area (Å²) < 4.78 is 5.45. The third kappa shape index (κ3) is 6.22. The van der Waals surface area contributed by atoms with Gasteiger partial charge in [0.05, 0.1) is 6.04 Å². The van der Waals surface area contributed by atoms with Gasteiger partial charge in [-0.3, -0.25) is 9.63 Å². The molecule has 206 valence electrons. The summed E-state index contributed by atoms with van der Waals surface area (Å²) in [7, 11) is 0. The van der Waals surface area contributed by atoms with Crippen LogP contribution in [-0.2, 0) is 21.0 Å². The number of piperidine rings is 1. The zero-order valence-corrected chi connectivity index (χ0v) is 22.6. The number of fused-ring (bicyclic) bond motifs is 2. The molecular formula is C29H35N5O5. The number of hydrogen-bond donors (Lipinski definition) is 1. The van der Waals surface area contributed by atoms with Gasteiger partial charge in [-0.2, -0.15) is 5.06 Å². The lowest BCUT2D eigenvalue weighted by Crippen LogP contribution is -2.47. The van der Waals surface area contributed by atoms with Gasteiger partial charge in [0.1, 0.15) is 24.1 Å². The Morgan fingerprint density at radius 1 is 1.10 bits per heavy atom. The highest BCUT2D eigenvalue weighted by molar-refractivity contribution is 5.97. The number of carbonyl (C=O) groups excluding carboxylic acids is 3. The number of urea groups is 1. The summed E-state index contributed by atoms with van der Waals surface area (Å²) in [5.41, 5.74) is 2.49. The second-order valence-corrected chi connectivity index (χ2v) is 11.1. The highest BCUT2D eigenvalue weighted by Gasteiger charge is 2.48. The van der Waals surface area contributed by atoms with E-state index in [1.165, 1.54) is 5.06 Å². The Morgan fingerprint density at radius 2 is 1.90 bits per heavy atom. The Kier molecular flexibility index (Phi) is 7.56. The number of benzene rings is 1. The molecule has 3 aliphatic rings. The van der Waals surface area contributed by atoms with E-state index in [0.29, 0.717) is 51.3 Å². The Morgan fingerprint density at radius 3 is 2.56 bits per heavy atom. The lowest BCUT2D eigenvalue weighted by atomic mass is 10.00. The van der Waals surface area contributed by atoms with Crippen LogP contribution in [0.1, 0.15) is 51.2 Å². The van der Waals surface area contributed by atoms with E-state index in [4.69, 9.17) is 9.57 Å². The smallest absolute Gasteiger partial charge is 0.410 e. The van der Waals surface area contributed by atoms with Gasteiger partial charge < -0.3 is 19.9 Å². The van der Waals surface area contributed by atoms with Gasteiger partial charge in [-0.25, -0.2) is 14.6 Å². The zero-order valence-electron chi connectivity index (χ0n) is 22.6. The summed E-state index contributed by atoms with van der Waals surface area (Å²) in [5, 5.41) is 4.30. The molecule has 2 aromatic rings. The summed E-state index contributed by atoms with van der Waals surface area (Å²) >= 11 is 0. The standard InChI is InChI=1S/C29H35N5O5/c1-29(2,3)39-28(37)32-15-13-21(14-16-32)22-9-12-25(30-17-22)31-26(35)24-11-10-23-18-33(24)27(36)34(23)38-19-20-7-5-4-6-8-20/h4-9,12-13,17,23-24H,10-11,14-16,18-19H2,1-3H3,(H,30,31,35)/t23-,24+/m1/s1. The minimum Gasteiger partial charge on any atom is -0.444 e. The quantitative estimate of drug-likeness (QED) is 0.589. The molecule has 2 saturated heterocycles. The van der Waals surface area contributed by atoms with E-state index in [1.54, 1.807) is 22.1 Å². The minimum atomic E-state index is -0.569. The maximum absolute atomic E-state index is 13.1. The molecule has 2 fully saturated rings. The van der Waals surface area contributed by atoms with Crippen molar-refractivity contribution in [1.29, 1.82) is 0 Å². The predicted octanol–water partition coefficient (Wildman–Crippen LogP) is 4.44. The van der Waals surface area contributed by atoms with Gasteiger partial charge in [0.25, 0.3) is 0 Å². The normalized spacial score (nSPS) is 21.1. The highest BCUT2D eigenvalue weighted by Crippen LogP contribution is 2.31. The molecule has 0 aliphatic carbocycles. The fourth-order valence-corrected chi connectivity index (χ4v) is 5.08. The van der Waals surface area contributed by atoms with Crippen LogP contribution in [0, 0.1) is 0 Å². The first-order chi connectivity index (χ1) is 18.7. The topological polar surface area (TPSA) is 104 Å². The molecule has 0 radical (unpaired) electrons. The first-order valence-corrected chi connectivity index (χ1v) is 13.4. The molecule has 0 saturated carbocycles.